The highest BCUT2D eigenvalue weighted by Gasteiger charge is 2.13. The molecule has 2 rings (SSSR count). The van der Waals surface area contributed by atoms with Crippen LogP contribution in [0, 0.1) is 6.92 Å². The summed E-state index contributed by atoms with van der Waals surface area (Å²) in [6.07, 6.45) is 0. The summed E-state index contributed by atoms with van der Waals surface area (Å²) in [5, 5.41) is 31.5. The van der Waals surface area contributed by atoms with E-state index >= 15 is 0 Å². The van der Waals surface area contributed by atoms with Crippen LogP contribution in [0.2, 0.25) is 0 Å². The van der Waals surface area contributed by atoms with Crippen molar-refractivity contribution in [3.8, 4) is 17.2 Å². The third-order valence-corrected chi connectivity index (χ3v) is 3.00. The molecule has 1 aromatic heterocycles. The van der Waals surface area contributed by atoms with Crippen LogP contribution in [0.1, 0.15) is 30.0 Å². The van der Waals surface area contributed by atoms with Gasteiger partial charge in [0.05, 0.1) is 6.04 Å². The van der Waals surface area contributed by atoms with E-state index < -0.39 is 5.75 Å². The lowest BCUT2D eigenvalue weighted by Crippen LogP contribution is -2.17. The zero-order chi connectivity index (χ0) is 14.0. The third-order valence-electron chi connectivity index (χ3n) is 3.00. The van der Waals surface area contributed by atoms with Crippen molar-refractivity contribution in [1.82, 2.24) is 5.32 Å². The predicted octanol–water partition coefficient (Wildman–Crippen LogP) is 2.56. The molecule has 1 aromatic carbocycles. The average molecular weight is 263 g/mol. The molecule has 19 heavy (non-hydrogen) atoms. The molecule has 0 fully saturated rings. The minimum atomic E-state index is -0.499. The molecule has 1 atom stereocenters. The van der Waals surface area contributed by atoms with Crippen molar-refractivity contribution in [2.75, 3.05) is 0 Å². The van der Waals surface area contributed by atoms with Gasteiger partial charge in [0.2, 0.25) is 5.75 Å². The Labute approximate surface area is 111 Å². The fourth-order valence-corrected chi connectivity index (χ4v) is 1.80. The van der Waals surface area contributed by atoms with Crippen LogP contribution < -0.4 is 5.32 Å². The van der Waals surface area contributed by atoms with Crippen LogP contribution in [-0.2, 0) is 6.54 Å². The van der Waals surface area contributed by atoms with E-state index in [-0.39, 0.29) is 17.5 Å². The second-order valence-corrected chi connectivity index (χ2v) is 4.49. The molecule has 0 aliphatic carbocycles. The van der Waals surface area contributed by atoms with Crippen molar-refractivity contribution in [1.29, 1.82) is 0 Å². The first-order valence-electron chi connectivity index (χ1n) is 6.01. The van der Waals surface area contributed by atoms with Crippen LogP contribution in [-0.4, -0.2) is 15.3 Å². The molecule has 0 bridgehead atoms. The molecule has 0 aliphatic rings. The van der Waals surface area contributed by atoms with Gasteiger partial charge in [-0.15, -0.1) is 0 Å². The number of hydrogen-bond acceptors (Lipinski definition) is 5. The maximum atomic E-state index is 9.69. The number of phenols is 3. The molecule has 2 aromatic rings. The predicted molar refractivity (Wildman–Crippen MR) is 70.1 cm³/mol. The molecule has 0 saturated heterocycles. The number of nitrogens with one attached hydrogen (secondary N) is 1. The quantitative estimate of drug-likeness (QED) is 0.637. The van der Waals surface area contributed by atoms with Crippen LogP contribution in [0.4, 0.5) is 0 Å². The molecule has 1 unspecified atom stereocenters. The fraction of sp³-hybridized carbons (Fsp3) is 0.286. The van der Waals surface area contributed by atoms with Gasteiger partial charge in [-0.25, -0.2) is 0 Å². The number of phenolic OH excluding ortho intramolecular Hbond substituents is 3. The molecule has 4 N–H and O–H groups in total. The van der Waals surface area contributed by atoms with Crippen LogP contribution >= 0.6 is 0 Å². The van der Waals surface area contributed by atoms with E-state index in [1.807, 2.05) is 26.0 Å². The first-order chi connectivity index (χ1) is 8.99. The highest BCUT2D eigenvalue weighted by Crippen LogP contribution is 2.37. The van der Waals surface area contributed by atoms with Gasteiger partial charge in [0.25, 0.3) is 0 Å². The van der Waals surface area contributed by atoms with Crippen molar-refractivity contribution < 1.29 is 19.7 Å². The molecule has 5 heteroatoms. The van der Waals surface area contributed by atoms with E-state index in [0.717, 1.165) is 11.5 Å². The first kappa shape index (κ1) is 13.3. The Hall–Kier alpha value is -2.14. The van der Waals surface area contributed by atoms with Crippen molar-refractivity contribution in [2.45, 2.75) is 26.4 Å². The smallest absolute Gasteiger partial charge is 0.200 e. The van der Waals surface area contributed by atoms with Gasteiger partial charge in [-0.2, -0.15) is 0 Å². The Morgan fingerprint density at radius 1 is 1.11 bits per heavy atom. The van der Waals surface area contributed by atoms with Crippen LogP contribution in [0.15, 0.2) is 28.7 Å². The van der Waals surface area contributed by atoms with Crippen molar-refractivity contribution in [2.24, 2.45) is 0 Å². The van der Waals surface area contributed by atoms with Gasteiger partial charge < -0.3 is 25.1 Å². The summed E-state index contributed by atoms with van der Waals surface area (Å²) in [5.41, 5.74) is 0.505. The molecular formula is C14H17NO4. The first-order valence-corrected chi connectivity index (χ1v) is 6.01. The molecule has 0 spiro atoms. The maximum Gasteiger partial charge on any atom is 0.200 e. The molecule has 0 radical (unpaired) electrons. The van der Waals surface area contributed by atoms with Crippen LogP contribution in [0.25, 0.3) is 0 Å². The highest BCUT2D eigenvalue weighted by atomic mass is 16.3. The topological polar surface area (TPSA) is 85.9 Å². The largest absolute Gasteiger partial charge is 0.504 e. The summed E-state index contributed by atoms with van der Waals surface area (Å²) in [6, 6.07) is 6.65. The summed E-state index contributed by atoms with van der Waals surface area (Å²) >= 11 is 0. The molecule has 1 heterocycles. The fourth-order valence-electron chi connectivity index (χ4n) is 1.80. The molecule has 5 nitrogen and oxygen atoms in total. The standard InChI is InChI=1S/C14H17NO4/c1-8-3-6-12(19-8)9(2)15-7-10-4-5-11(16)14(18)13(10)17/h3-6,9,15-18H,7H2,1-2H3. The SMILES string of the molecule is Cc1ccc(C(C)NCc2ccc(O)c(O)c2O)o1. The monoisotopic (exact) mass is 263 g/mol. The highest BCUT2D eigenvalue weighted by molar-refractivity contribution is 5.53. The van der Waals surface area contributed by atoms with E-state index in [1.165, 1.54) is 6.07 Å². The lowest BCUT2D eigenvalue weighted by atomic mass is 10.1. The molecule has 0 aliphatic heterocycles. The molecule has 0 saturated carbocycles. The van der Waals surface area contributed by atoms with E-state index in [4.69, 9.17) is 4.42 Å². The number of aromatic hydroxyl groups is 3. The van der Waals surface area contributed by atoms with Gasteiger partial charge >= 0.3 is 0 Å². The summed E-state index contributed by atoms with van der Waals surface area (Å²) in [7, 11) is 0. The van der Waals surface area contributed by atoms with Crippen molar-refractivity contribution in [3.05, 3.63) is 41.3 Å². The van der Waals surface area contributed by atoms with Gasteiger partial charge in [0.15, 0.2) is 11.5 Å². The summed E-state index contributed by atoms with van der Waals surface area (Å²) in [5.74, 6) is 0.501. The average Bonchev–Trinajstić information content (AvgIpc) is 2.81. The van der Waals surface area contributed by atoms with Gasteiger partial charge in [0.1, 0.15) is 11.5 Å². The van der Waals surface area contributed by atoms with E-state index in [0.29, 0.717) is 12.1 Å². The lowest BCUT2D eigenvalue weighted by Gasteiger charge is -2.13. The van der Waals surface area contributed by atoms with E-state index in [1.54, 1.807) is 6.07 Å². The van der Waals surface area contributed by atoms with Gasteiger partial charge in [-0.3, -0.25) is 0 Å². The van der Waals surface area contributed by atoms with E-state index in [2.05, 4.69) is 5.32 Å². The molecule has 102 valence electrons. The maximum absolute atomic E-state index is 9.69. The Morgan fingerprint density at radius 2 is 1.84 bits per heavy atom. The summed E-state index contributed by atoms with van der Waals surface area (Å²) in [4.78, 5) is 0. The van der Waals surface area contributed by atoms with Crippen LogP contribution in [0.3, 0.4) is 0 Å². The van der Waals surface area contributed by atoms with Gasteiger partial charge in [0, 0.05) is 12.1 Å². The summed E-state index contributed by atoms with van der Waals surface area (Å²) in [6.45, 7) is 4.16. The van der Waals surface area contributed by atoms with Gasteiger partial charge in [-0.05, 0) is 32.0 Å². The van der Waals surface area contributed by atoms with Crippen molar-refractivity contribution >= 4 is 0 Å². The Bertz CT molecular complexity index is 577. The van der Waals surface area contributed by atoms with Gasteiger partial charge in [-0.1, -0.05) is 6.07 Å². The number of hydrogen-bond donors (Lipinski definition) is 4. The Balaban J connectivity index is 2.05. The number of furan rings is 1. The van der Waals surface area contributed by atoms with Crippen molar-refractivity contribution in [3.63, 3.8) is 0 Å². The molecular weight excluding hydrogens is 246 g/mol. The minimum absolute atomic E-state index is 0.0240. The normalized spacial score (nSPS) is 12.5. The number of rotatable bonds is 4. The number of benzene rings is 1. The van der Waals surface area contributed by atoms with Crippen LogP contribution in [0.5, 0.6) is 17.2 Å². The number of aryl methyl sites for hydroxylation is 1. The zero-order valence-electron chi connectivity index (χ0n) is 10.8. The third kappa shape index (κ3) is 2.82. The minimum Gasteiger partial charge on any atom is -0.504 e. The second kappa shape index (κ2) is 5.24. The zero-order valence-corrected chi connectivity index (χ0v) is 10.8. The lowest BCUT2D eigenvalue weighted by molar-refractivity contribution is 0.361. The Morgan fingerprint density at radius 3 is 2.47 bits per heavy atom. The Kier molecular flexibility index (Phi) is 3.66. The molecule has 0 amide bonds. The van der Waals surface area contributed by atoms with E-state index in [9.17, 15) is 15.3 Å². The second-order valence-electron chi connectivity index (χ2n) is 4.49. The summed E-state index contributed by atoms with van der Waals surface area (Å²) < 4.78 is 5.49.